The largest absolute Gasteiger partial charge is 0.378 e. The zero-order valence-electron chi connectivity index (χ0n) is 54.9. The van der Waals surface area contributed by atoms with Gasteiger partial charge in [0.25, 0.3) is 0 Å². The number of benzene rings is 6. The predicted octanol–water partition coefficient (Wildman–Crippen LogP) is 20.1. The number of nitrogens with zero attached hydrogens (tertiary/aromatic N) is 4. The fraction of sp³-hybridized carbons (Fsp3) is 0.338. The van der Waals surface area contributed by atoms with Crippen molar-refractivity contribution in [2.45, 2.75) is 160 Å². The van der Waals surface area contributed by atoms with E-state index >= 15 is 0 Å². The zero-order valence-corrected chi connectivity index (χ0v) is 56.5. The highest BCUT2D eigenvalue weighted by atomic mass is 35.5. The van der Waals surface area contributed by atoms with Gasteiger partial charge >= 0.3 is 0 Å². The average Bonchev–Trinajstić information content (AvgIpc) is 3.63. The quantitative estimate of drug-likeness (QED) is 0.120. The Hall–Kier alpha value is -7.19. The van der Waals surface area contributed by atoms with Crippen molar-refractivity contribution in [3.63, 3.8) is 0 Å². The topological polar surface area (TPSA) is 76.1 Å². The summed E-state index contributed by atoms with van der Waals surface area (Å²) in [6, 6.07) is 61.8. The lowest BCUT2D eigenvalue weighted by Crippen LogP contribution is -2.08. The molecule has 85 heavy (non-hydrogen) atoms. The second kappa shape index (κ2) is 45.2. The molecule has 0 aliphatic rings. The third-order valence-corrected chi connectivity index (χ3v) is 15.1. The van der Waals surface area contributed by atoms with Crippen LogP contribution in [0.25, 0.3) is 0 Å². The van der Waals surface area contributed by atoms with Crippen LogP contribution in [0.2, 0.25) is 5.15 Å². The van der Waals surface area contributed by atoms with Gasteiger partial charge in [-0.25, -0.2) is 13.4 Å². The average molecular weight is 1180 g/mol. The summed E-state index contributed by atoms with van der Waals surface area (Å²) in [6.07, 6.45) is 18.2. The lowest BCUT2D eigenvalue weighted by atomic mass is 10.1. The van der Waals surface area contributed by atoms with Crippen LogP contribution in [0.1, 0.15) is 140 Å². The molecule has 0 aliphatic heterocycles. The molecule has 0 aliphatic carbocycles. The van der Waals surface area contributed by atoms with E-state index in [2.05, 4.69) is 239 Å². The van der Waals surface area contributed by atoms with E-state index in [9.17, 15) is 8.42 Å². The molecule has 6 aromatic carbocycles. The van der Waals surface area contributed by atoms with E-state index in [0.717, 1.165) is 69.0 Å². The maximum absolute atomic E-state index is 11.0. The summed E-state index contributed by atoms with van der Waals surface area (Å²) in [7, 11) is 1.09. The number of aryl methyl sites for hydroxylation is 14. The standard InChI is InChI=1S/C10H15N.C10H14.C9H12O2S.3C9H12.C7H8ClN.2C7H9N/c1-4-9-5-7-10(8-6-9)11(2)3;1-4-10-6-5-8(2)9(3)7-10;1-3-8-4-6-9(7-5-8)12(2,10)11;1-3-9-6-4-8(2)5-7-9;1-3-9-6-4-5-8(2)7-9;1-3-9-7-5-4-6-8(9)2;1-2-6-3-4-7(8)9-5-6;1-2-7-3-5-8-6-4-7;1-2-7-5-3-4-6-8-7/h5-8H,4H2,1-3H3;5-7H,4H2,1-3H3;4-7H,3H2,1-2H3;3*4-7H,3H2,1-2H3;3-5H,2H2,1H3;2*3-6H,2H2,1H3. The Labute approximate surface area is 522 Å². The summed E-state index contributed by atoms with van der Waals surface area (Å²) < 4.78 is 22.1. The van der Waals surface area contributed by atoms with Gasteiger partial charge in [-0.3, -0.25) is 9.97 Å². The van der Waals surface area contributed by atoms with Gasteiger partial charge in [0.1, 0.15) is 5.15 Å². The van der Waals surface area contributed by atoms with Gasteiger partial charge in [-0.1, -0.05) is 212 Å². The second-order valence-electron chi connectivity index (χ2n) is 20.6. The number of hydrogen-bond acceptors (Lipinski definition) is 6. The molecule has 3 heterocycles. The normalized spacial score (nSPS) is 9.81. The number of halogens is 1. The first-order valence-electron chi connectivity index (χ1n) is 30.4. The van der Waals surface area contributed by atoms with Crippen LogP contribution >= 0.6 is 11.6 Å². The van der Waals surface area contributed by atoms with Gasteiger partial charge in [0.05, 0.1) is 4.90 Å². The molecule has 0 saturated carbocycles. The predicted molar refractivity (Wildman–Crippen MR) is 372 cm³/mol. The van der Waals surface area contributed by atoms with Crippen molar-refractivity contribution in [2.24, 2.45) is 0 Å². The van der Waals surface area contributed by atoms with E-state index in [-0.39, 0.29) is 0 Å². The summed E-state index contributed by atoms with van der Waals surface area (Å²) in [4.78, 5) is 14.4. The molecule has 8 heteroatoms. The fourth-order valence-electron chi connectivity index (χ4n) is 7.63. The number of anilines is 1. The van der Waals surface area contributed by atoms with Crippen LogP contribution < -0.4 is 4.90 Å². The Morgan fingerprint density at radius 2 is 0.871 bits per heavy atom. The minimum atomic E-state index is -3.03. The van der Waals surface area contributed by atoms with E-state index in [1.54, 1.807) is 24.4 Å². The molecule has 456 valence electrons. The molecule has 3 aromatic heterocycles. The van der Waals surface area contributed by atoms with Gasteiger partial charge in [-0.05, 0) is 208 Å². The Bertz CT molecular complexity index is 3120. The summed E-state index contributed by atoms with van der Waals surface area (Å²) in [5.41, 5.74) is 20.2. The fourth-order valence-corrected chi connectivity index (χ4v) is 8.37. The molecular weight excluding hydrogens is 1080 g/mol. The van der Waals surface area contributed by atoms with Crippen LogP contribution in [0.15, 0.2) is 212 Å². The Morgan fingerprint density at radius 3 is 1.26 bits per heavy atom. The van der Waals surface area contributed by atoms with Gasteiger partial charge in [-0.2, -0.15) is 0 Å². The van der Waals surface area contributed by atoms with Gasteiger partial charge in [0, 0.05) is 56.5 Å². The van der Waals surface area contributed by atoms with Crippen molar-refractivity contribution in [1.82, 2.24) is 15.0 Å². The third-order valence-electron chi connectivity index (χ3n) is 13.7. The number of hydrogen-bond donors (Lipinski definition) is 0. The smallest absolute Gasteiger partial charge is 0.175 e. The third kappa shape index (κ3) is 35.0. The molecule has 0 spiro atoms. The van der Waals surface area contributed by atoms with Crippen molar-refractivity contribution in [1.29, 1.82) is 0 Å². The summed E-state index contributed by atoms with van der Waals surface area (Å²) >= 11 is 5.56. The molecule has 0 atom stereocenters. The Balaban J connectivity index is 0.000000479. The van der Waals surface area contributed by atoms with Crippen molar-refractivity contribution in [3.05, 3.63) is 290 Å². The van der Waals surface area contributed by atoms with E-state index in [1.807, 2.05) is 74.0 Å². The first-order valence-corrected chi connectivity index (χ1v) is 32.6. The van der Waals surface area contributed by atoms with Crippen molar-refractivity contribution < 1.29 is 8.42 Å². The highest BCUT2D eigenvalue weighted by molar-refractivity contribution is 7.90. The van der Waals surface area contributed by atoms with Crippen LogP contribution in [0.5, 0.6) is 0 Å². The maximum Gasteiger partial charge on any atom is 0.175 e. The summed E-state index contributed by atoms with van der Waals surface area (Å²) in [5, 5.41) is 0.562. The van der Waals surface area contributed by atoms with E-state index in [1.165, 1.54) is 78.7 Å². The van der Waals surface area contributed by atoms with Gasteiger partial charge in [-0.15, -0.1) is 0 Å². The number of aromatic nitrogens is 3. The molecule has 0 bridgehead atoms. The number of pyridine rings is 3. The van der Waals surface area contributed by atoms with Gasteiger partial charge in [0.2, 0.25) is 0 Å². The summed E-state index contributed by atoms with van der Waals surface area (Å²) in [5.74, 6) is 0. The first-order chi connectivity index (χ1) is 40.7. The molecule has 0 unspecified atom stereocenters. The molecule has 0 amide bonds. The zero-order chi connectivity index (χ0) is 63.4. The van der Waals surface area contributed by atoms with Crippen LogP contribution in [-0.2, 0) is 67.6 Å². The molecule has 0 fully saturated rings. The van der Waals surface area contributed by atoms with E-state index < -0.39 is 9.84 Å². The van der Waals surface area contributed by atoms with Crippen LogP contribution in [0, 0.1) is 34.6 Å². The van der Waals surface area contributed by atoms with Crippen molar-refractivity contribution >= 4 is 27.1 Å². The van der Waals surface area contributed by atoms with Crippen molar-refractivity contribution in [3.8, 4) is 0 Å². The minimum absolute atomic E-state index is 0.389. The lowest BCUT2D eigenvalue weighted by molar-refractivity contribution is 0.602. The van der Waals surface area contributed by atoms with Crippen LogP contribution in [-0.4, -0.2) is 43.7 Å². The molecule has 9 aromatic rings. The van der Waals surface area contributed by atoms with E-state index in [4.69, 9.17) is 11.6 Å². The Morgan fingerprint density at radius 1 is 0.388 bits per heavy atom. The SMILES string of the molecule is CCc1ccc(C)c(C)c1.CCc1ccc(C)cc1.CCc1ccc(Cl)nc1.CCc1ccc(N(C)C)cc1.CCc1ccc(S(C)(=O)=O)cc1.CCc1cccc(C)c1.CCc1ccccc1C.CCc1ccccn1.CCc1ccncc1. The van der Waals surface area contributed by atoms with Crippen LogP contribution in [0.4, 0.5) is 5.69 Å². The van der Waals surface area contributed by atoms with Gasteiger partial charge in [0.15, 0.2) is 9.84 Å². The second-order valence-corrected chi connectivity index (χ2v) is 23.0. The molecular formula is C77H103ClN4O2S. The summed E-state index contributed by atoms with van der Waals surface area (Å²) in [6.45, 7) is 29.9. The monoisotopic (exact) mass is 1180 g/mol. The number of rotatable bonds is 11. The lowest BCUT2D eigenvalue weighted by Gasteiger charge is -2.11. The highest BCUT2D eigenvalue weighted by Crippen LogP contribution is 2.14. The minimum Gasteiger partial charge on any atom is -0.378 e. The van der Waals surface area contributed by atoms with Crippen LogP contribution in [0.3, 0.4) is 0 Å². The molecule has 9 rings (SSSR count). The Kier molecular flexibility index (Phi) is 40.3. The highest BCUT2D eigenvalue weighted by Gasteiger charge is 2.05. The first kappa shape index (κ1) is 75.8. The van der Waals surface area contributed by atoms with E-state index in [0.29, 0.717) is 10.0 Å². The maximum atomic E-state index is 11.0. The molecule has 0 radical (unpaired) electrons. The molecule has 6 nitrogen and oxygen atoms in total. The molecule has 0 N–H and O–H groups in total. The van der Waals surface area contributed by atoms with Gasteiger partial charge < -0.3 is 4.90 Å². The number of sulfone groups is 1. The molecule has 0 saturated heterocycles. The van der Waals surface area contributed by atoms with Crippen molar-refractivity contribution in [2.75, 3.05) is 25.3 Å².